The van der Waals surface area contributed by atoms with Crippen molar-refractivity contribution in [3.05, 3.63) is 0 Å². The van der Waals surface area contributed by atoms with E-state index in [1.165, 1.54) is 19.3 Å². The molecule has 1 heterocycles. The van der Waals surface area contributed by atoms with Crippen LogP contribution in [0.3, 0.4) is 0 Å². The summed E-state index contributed by atoms with van der Waals surface area (Å²) >= 11 is 0. The second-order valence-electron chi connectivity index (χ2n) is 3.40. The Morgan fingerprint density at radius 3 is 2.58 bits per heavy atom. The zero-order valence-corrected chi connectivity index (χ0v) is 8.21. The van der Waals surface area contributed by atoms with Crippen molar-refractivity contribution in [2.24, 2.45) is 0 Å². The van der Waals surface area contributed by atoms with Crippen LogP contribution in [-0.2, 0) is 9.47 Å². The Morgan fingerprint density at radius 1 is 1.17 bits per heavy atom. The molecule has 0 N–H and O–H groups in total. The van der Waals surface area contributed by atoms with Crippen LogP contribution in [0, 0.1) is 0 Å². The highest BCUT2D eigenvalue weighted by Crippen LogP contribution is 2.24. The summed E-state index contributed by atoms with van der Waals surface area (Å²) in [7, 11) is 0. The van der Waals surface area contributed by atoms with Gasteiger partial charge in [-0.3, -0.25) is 0 Å². The van der Waals surface area contributed by atoms with Crippen LogP contribution >= 0.6 is 0 Å². The average Bonchev–Trinajstić information content (AvgIpc) is 2.83. The van der Waals surface area contributed by atoms with E-state index in [1.54, 1.807) is 0 Å². The van der Waals surface area contributed by atoms with Gasteiger partial charge in [-0.2, -0.15) is 0 Å². The molecule has 0 amide bonds. The van der Waals surface area contributed by atoms with Crippen molar-refractivity contribution in [1.82, 2.24) is 0 Å². The fraction of sp³-hybridized carbons (Fsp3) is 1.00. The third-order valence-electron chi connectivity index (χ3n) is 2.26. The molecule has 0 saturated carbocycles. The van der Waals surface area contributed by atoms with Gasteiger partial charge in [0.25, 0.3) is 0 Å². The SMILES string of the molecule is CCCCCOCC1OC1CC. The van der Waals surface area contributed by atoms with Crippen LogP contribution in [-0.4, -0.2) is 25.4 Å². The molecule has 0 spiro atoms. The van der Waals surface area contributed by atoms with Gasteiger partial charge in [0.15, 0.2) is 0 Å². The van der Waals surface area contributed by atoms with Gasteiger partial charge in [0.1, 0.15) is 6.10 Å². The molecule has 12 heavy (non-hydrogen) atoms. The van der Waals surface area contributed by atoms with E-state index in [2.05, 4.69) is 13.8 Å². The maximum absolute atomic E-state index is 5.47. The van der Waals surface area contributed by atoms with E-state index in [4.69, 9.17) is 9.47 Å². The van der Waals surface area contributed by atoms with Crippen molar-refractivity contribution in [3.63, 3.8) is 0 Å². The fourth-order valence-corrected chi connectivity index (χ4v) is 1.34. The van der Waals surface area contributed by atoms with Crippen LogP contribution in [0.2, 0.25) is 0 Å². The highest BCUT2D eigenvalue weighted by molar-refractivity contribution is 4.82. The topological polar surface area (TPSA) is 21.8 Å². The van der Waals surface area contributed by atoms with Crippen LogP contribution in [0.5, 0.6) is 0 Å². The van der Waals surface area contributed by atoms with Gasteiger partial charge in [-0.15, -0.1) is 0 Å². The standard InChI is InChI=1S/C10H20O2/c1-3-5-6-7-11-8-10-9(4-2)12-10/h9-10H,3-8H2,1-2H3. The first-order chi connectivity index (χ1) is 5.88. The van der Waals surface area contributed by atoms with E-state index in [0.717, 1.165) is 19.6 Å². The minimum Gasteiger partial charge on any atom is -0.379 e. The van der Waals surface area contributed by atoms with Gasteiger partial charge in [0.05, 0.1) is 12.7 Å². The van der Waals surface area contributed by atoms with E-state index < -0.39 is 0 Å². The van der Waals surface area contributed by atoms with Gasteiger partial charge in [0, 0.05) is 6.61 Å². The second-order valence-corrected chi connectivity index (χ2v) is 3.40. The highest BCUT2D eigenvalue weighted by atomic mass is 16.6. The minimum absolute atomic E-state index is 0.414. The van der Waals surface area contributed by atoms with Crippen molar-refractivity contribution in [3.8, 4) is 0 Å². The van der Waals surface area contributed by atoms with E-state index in [0.29, 0.717) is 12.2 Å². The van der Waals surface area contributed by atoms with E-state index >= 15 is 0 Å². The quantitative estimate of drug-likeness (QED) is 0.434. The molecule has 1 saturated heterocycles. The lowest BCUT2D eigenvalue weighted by molar-refractivity contribution is 0.113. The molecule has 2 nitrogen and oxygen atoms in total. The molecule has 1 rings (SSSR count). The summed E-state index contributed by atoms with van der Waals surface area (Å²) in [6, 6.07) is 0. The largest absolute Gasteiger partial charge is 0.379 e. The lowest BCUT2D eigenvalue weighted by Crippen LogP contribution is -2.05. The minimum atomic E-state index is 0.414. The van der Waals surface area contributed by atoms with Crippen molar-refractivity contribution in [2.45, 2.75) is 51.7 Å². The average molecular weight is 172 g/mol. The van der Waals surface area contributed by atoms with Crippen LogP contribution < -0.4 is 0 Å². The Labute approximate surface area is 75.2 Å². The molecule has 0 aromatic heterocycles. The molecule has 0 aromatic carbocycles. The van der Waals surface area contributed by atoms with Crippen molar-refractivity contribution >= 4 is 0 Å². The molecular formula is C10H20O2. The molecule has 0 aliphatic carbocycles. The summed E-state index contributed by atoms with van der Waals surface area (Å²) in [5.74, 6) is 0. The van der Waals surface area contributed by atoms with Gasteiger partial charge in [-0.25, -0.2) is 0 Å². The first kappa shape index (κ1) is 10.0. The maximum Gasteiger partial charge on any atom is 0.107 e. The van der Waals surface area contributed by atoms with Crippen LogP contribution in [0.4, 0.5) is 0 Å². The normalized spacial score (nSPS) is 27.5. The molecular weight excluding hydrogens is 152 g/mol. The van der Waals surface area contributed by atoms with Gasteiger partial charge < -0.3 is 9.47 Å². The summed E-state index contributed by atoms with van der Waals surface area (Å²) in [5.41, 5.74) is 0. The van der Waals surface area contributed by atoms with Crippen molar-refractivity contribution < 1.29 is 9.47 Å². The molecule has 0 bridgehead atoms. The number of unbranched alkanes of at least 4 members (excludes halogenated alkanes) is 2. The lowest BCUT2D eigenvalue weighted by Gasteiger charge is -1.99. The Balaban J connectivity index is 1.78. The zero-order valence-electron chi connectivity index (χ0n) is 8.21. The van der Waals surface area contributed by atoms with Crippen LogP contribution in [0.15, 0.2) is 0 Å². The highest BCUT2D eigenvalue weighted by Gasteiger charge is 2.36. The molecule has 2 heteroatoms. The predicted octanol–water partition coefficient (Wildman–Crippen LogP) is 2.37. The molecule has 0 radical (unpaired) electrons. The van der Waals surface area contributed by atoms with Gasteiger partial charge in [-0.1, -0.05) is 26.7 Å². The molecule has 2 unspecified atom stereocenters. The smallest absolute Gasteiger partial charge is 0.107 e. The molecule has 72 valence electrons. The third kappa shape index (κ3) is 3.55. The number of ether oxygens (including phenoxy) is 2. The number of hydrogen-bond donors (Lipinski definition) is 0. The number of rotatable bonds is 7. The van der Waals surface area contributed by atoms with E-state index in [1.807, 2.05) is 0 Å². The lowest BCUT2D eigenvalue weighted by atomic mass is 10.2. The van der Waals surface area contributed by atoms with Crippen LogP contribution in [0.25, 0.3) is 0 Å². The first-order valence-electron chi connectivity index (χ1n) is 5.11. The number of epoxide rings is 1. The summed E-state index contributed by atoms with van der Waals surface area (Å²) in [6.07, 6.45) is 5.78. The van der Waals surface area contributed by atoms with Crippen molar-refractivity contribution in [2.75, 3.05) is 13.2 Å². The van der Waals surface area contributed by atoms with Gasteiger partial charge in [-0.05, 0) is 12.8 Å². The van der Waals surface area contributed by atoms with Crippen LogP contribution in [0.1, 0.15) is 39.5 Å². The van der Waals surface area contributed by atoms with Gasteiger partial charge >= 0.3 is 0 Å². The summed E-state index contributed by atoms with van der Waals surface area (Å²) in [6.45, 7) is 6.07. The molecule has 1 aliphatic rings. The van der Waals surface area contributed by atoms with Gasteiger partial charge in [0.2, 0.25) is 0 Å². The Morgan fingerprint density at radius 2 is 2.00 bits per heavy atom. The monoisotopic (exact) mass is 172 g/mol. The molecule has 2 atom stereocenters. The zero-order chi connectivity index (χ0) is 8.81. The fourth-order valence-electron chi connectivity index (χ4n) is 1.34. The first-order valence-corrected chi connectivity index (χ1v) is 5.11. The predicted molar refractivity (Wildman–Crippen MR) is 49.3 cm³/mol. The second kappa shape index (κ2) is 5.55. The Hall–Kier alpha value is -0.0800. The summed E-state index contributed by atoms with van der Waals surface area (Å²) in [4.78, 5) is 0. The van der Waals surface area contributed by atoms with E-state index in [9.17, 15) is 0 Å². The molecule has 1 aliphatic heterocycles. The third-order valence-corrected chi connectivity index (χ3v) is 2.26. The molecule has 0 aromatic rings. The van der Waals surface area contributed by atoms with E-state index in [-0.39, 0.29) is 0 Å². The Kier molecular flexibility index (Phi) is 4.62. The summed E-state index contributed by atoms with van der Waals surface area (Å²) < 4.78 is 10.8. The number of hydrogen-bond acceptors (Lipinski definition) is 2. The van der Waals surface area contributed by atoms with Crippen molar-refractivity contribution in [1.29, 1.82) is 0 Å². The summed E-state index contributed by atoms with van der Waals surface area (Å²) in [5, 5.41) is 0. The maximum atomic E-state index is 5.47. The molecule has 1 fully saturated rings. The Bertz CT molecular complexity index is 114.